The van der Waals surface area contributed by atoms with Crippen molar-refractivity contribution in [2.45, 2.75) is 11.5 Å². The maximum atomic E-state index is 11.7. The summed E-state index contributed by atoms with van der Waals surface area (Å²) in [4.78, 5) is 20.2. The summed E-state index contributed by atoms with van der Waals surface area (Å²) in [5.74, 6) is 1.32. The molecule has 5 N–H and O–H groups in total. The third kappa shape index (κ3) is 2.24. The van der Waals surface area contributed by atoms with E-state index in [0.717, 1.165) is 0 Å². The summed E-state index contributed by atoms with van der Waals surface area (Å²) < 4.78 is 5.71. The van der Waals surface area contributed by atoms with Crippen LogP contribution >= 0.6 is 11.8 Å². The standard InChI is InChI=1S/C10H15N5O3S/c11-10-13-8-7(9(17)14-10)12-4-15(8)6-3-19-5(1-16)2-18-6/h5-6,12,16H,1-4H2,(H3,11,13,14,17). The van der Waals surface area contributed by atoms with Crippen LogP contribution in [-0.2, 0) is 4.74 Å². The third-order valence-electron chi connectivity index (χ3n) is 3.12. The molecule has 3 heterocycles. The van der Waals surface area contributed by atoms with Gasteiger partial charge in [0.2, 0.25) is 5.95 Å². The number of rotatable bonds is 2. The zero-order valence-corrected chi connectivity index (χ0v) is 10.9. The molecule has 1 aromatic rings. The molecule has 8 nitrogen and oxygen atoms in total. The van der Waals surface area contributed by atoms with Gasteiger partial charge in [0.05, 0.1) is 25.1 Å². The summed E-state index contributed by atoms with van der Waals surface area (Å²) in [5, 5.41) is 12.2. The van der Waals surface area contributed by atoms with Crippen molar-refractivity contribution in [1.29, 1.82) is 0 Å². The predicted octanol–water partition coefficient (Wildman–Crippen LogP) is -1.01. The lowest BCUT2D eigenvalue weighted by molar-refractivity contribution is 0.0529. The number of nitrogens with two attached hydrogens (primary N) is 1. The molecule has 2 unspecified atom stereocenters. The van der Waals surface area contributed by atoms with E-state index in [9.17, 15) is 4.79 Å². The molecule has 104 valence electrons. The van der Waals surface area contributed by atoms with Gasteiger partial charge in [0.25, 0.3) is 5.56 Å². The van der Waals surface area contributed by atoms with Gasteiger partial charge in [-0.1, -0.05) is 0 Å². The Morgan fingerprint density at radius 2 is 2.47 bits per heavy atom. The Hall–Kier alpha value is -1.45. The average molecular weight is 285 g/mol. The molecular weight excluding hydrogens is 270 g/mol. The monoisotopic (exact) mass is 285 g/mol. The summed E-state index contributed by atoms with van der Waals surface area (Å²) in [6.07, 6.45) is -0.171. The molecule has 2 atom stereocenters. The molecule has 0 spiro atoms. The molecule has 19 heavy (non-hydrogen) atoms. The van der Waals surface area contributed by atoms with E-state index in [2.05, 4.69) is 15.3 Å². The predicted molar refractivity (Wildman–Crippen MR) is 73.3 cm³/mol. The molecule has 0 amide bonds. The van der Waals surface area contributed by atoms with Crippen LogP contribution < -0.4 is 21.5 Å². The maximum absolute atomic E-state index is 11.7. The summed E-state index contributed by atoms with van der Waals surface area (Å²) >= 11 is 1.65. The number of hydrogen-bond acceptors (Lipinski definition) is 8. The van der Waals surface area contributed by atoms with Crippen molar-refractivity contribution < 1.29 is 9.84 Å². The first-order valence-corrected chi connectivity index (χ1v) is 6.98. The molecule has 0 saturated carbocycles. The van der Waals surface area contributed by atoms with Gasteiger partial charge in [-0.3, -0.25) is 9.78 Å². The van der Waals surface area contributed by atoms with E-state index in [1.807, 2.05) is 4.90 Å². The second-order valence-electron chi connectivity index (χ2n) is 4.38. The maximum Gasteiger partial charge on any atom is 0.277 e. The minimum atomic E-state index is -0.276. The number of nitrogen functional groups attached to an aromatic ring is 1. The molecule has 0 bridgehead atoms. The number of nitrogens with one attached hydrogen (secondary N) is 2. The number of aromatic amines is 1. The highest BCUT2D eigenvalue weighted by atomic mass is 32.2. The molecular formula is C10H15N5O3S. The number of anilines is 3. The van der Waals surface area contributed by atoms with Gasteiger partial charge in [-0.2, -0.15) is 4.98 Å². The van der Waals surface area contributed by atoms with E-state index in [1.54, 1.807) is 11.8 Å². The second kappa shape index (κ2) is 4.91. The minimum absolute atomic E-state index is 0.0918. The van der Waals surface area contributed by atoms with E-state index in [-0.39, 0.29) is 29.6 Å². The molecule has 0 aromatic carbocycles. The number of aliphatic hydroxyl groups excluding tert-OH is 1. The number of hydrogen-bond donors (Lipinski definition) is 4. The summed E-state index contributed by atoms with van der Waals surface area (Å²) in [6, 6.07) is 0. The van der Waals surface area contributed by atoms with Crippen molar-refractivity contribution in [3.63, 3.8) is 0 Å². The van der Waals surface area contributed by atoms with E-state index < -0.39 is 0 Å². The smallest absolute Gasteiger partial charge is 0.277 e. The Labute approximate surface area is 113 Å². The fraction of sp³-hybridized carbons (Fsp3) is 0.600. The van der Waals surface area contributed by atoms with E-state index >= 15 is 0 Å². The highest BCUT2D eigenvalue weighted by molar-refractivity contribution is 8.00. The van der Waals surface area contributed by atoms with Gasteiger partial charge >= 0.3 is 0 Å². The molecule has 1 saturated heterocycles. The Morgan fingerprint density at radius 3 is 3.16 bits per heavy atom. The molecule has 2 aliphatic rings. The zero-order chi connectivity index (χ0) is 13.4. The van der Waals surface area contributed by atoms with Gasteiger partial charge in [-0.25, -0.2) is 0 Å². The first-order chi connectivity index (χ1) is 9.19. The van der Waals surface area contributed by atoms with Crippen LogP contribution in [0.4, 0.5) is 17.5 Å². The molecule has 9 heteroatoms. The number of H-pyrrole nitrogens is 1. The summed E-state index contributed by atoms with van der Waals surface area (Å²) in [6.45, 7) is 1.05. The van der Waals surface area contributed by atoms with Crippen molar-refractivity contribution >= 4 is 29.2 Å². The van der Waals surface area contributed by atoms with Crippen molar-refractivity contribution in [1.82, 2.24) is 9.97 Å². The first kappa shape index (κ1) is 12.6. The van der Waals surface area contributed by atoms with E-state index in [1.165, 1.54) is 0 Å². The van der Waals surface area contributed by atoms with E-state index in [4.69, 9.17) is 15.6 Å². The Bertz CT molecular complexity index is 528. The largest absolute Gasteiger partial charge is 0.395 e. The van der Waals surface area contributed by atoms with Crippen LogP contribution in [0.15, 0.2) is 4.79 Å². The number of aliphatic hydroxyl groups is 1. The van der Waals surface area contributed by atoms with Gasteiger partial charge in [-0.15, -0.1) is 11.8 Å². The van der Waals surface area contributed by atoms with Crippen molar-refractivity contribution in [3.05, 3.63) is 10.4 Å². The van der Waals surface area contributed by atoms with Crippen molar-refractivity contribution in [2.24, 2.45) is 0 Å². The Kier molecular flexibility index (Phi) is 3.25. The van der Waals surface area contributed by atoms with Crippen LogP contribution in [0.25, 0.3) is 0 Å². The Balaban J connectivity index is 1.81. The van der Waals surface area contributed by atoms with Crippen LogP contribution in [-0.4, -0.2) is 52.2 Å². The molecule has 1 aromatic heterocycles. The van der Waals surface area contributed by atoms with Gasteiger partial charge in [0.15, 0.2) is 5.82 Å². The normalized spacial score (nSPS) is 26.1. The lowest BCUT2D eigenvalue weighted by Crippen LogP contribution is -2.44. The molecule has 3 rings (SSSR count). The van der Waals surface area contributed by atoms with Gasteiger partial charge in [0.1, 0.15) is 11.9 Å². The highest BCUT2D eigenvalue weighted by Gasteiger charge is 2.33. The van der Waals surface area contributed by atoms with Crippen LogP contribution in [0.5, 0.6) is 0 Å². The minimum Gasteiger partial charge on any atom is -0.395 e. The number of nitrogens with zero attached hydrogens (tertiary/aromatic N) is 2. The summed E-state index contributed by atoms with van der Waals surface area (Å²) in [7, 11) is 0. The van der Waals surface area contributed by atoms with Crippen LogP contribution in [0.2, 0.25) is 0 Å². The molecule has 1 fully saturated rings. The average Bonchev–Trinajstić information content (AvgIpc) is 2.83. The Morgan fingerprint density at radius 1 is 1.63 bits per heavy atom. The van der Waals surface area contributed by atoms with Crippen molar-refractivity contribution in [3.8, 4) is 0 Å². The van der Waals surface area contributed by atoms with Gasteiger partial charge < -0.3 is 25.8 Å². The fourth-order valence-corrected chi connectivity index (χ4v) is 3.13. The highest BCUT2D eigenvalue weighted by Crippen LogP contribution is 2.31. The third-order valence-corrected chi connectivity index (χ3v) is 4.35. The number of aromatic nitrogens is 2. The number of thioether (sulfide) groups is 1. The van der Waals surface area contributed by atoms with Crippen LogP contribution in [0, 0.1) is 0 Å². The van der Waals surface area contributed by atoms with Crippen LogP contribution in [0.3, 0.4) is 0 Å². The number of ether oxygens (including phenoxy) is 1. The molecule has 0 aliphatic carbocycles. The second-order valence-corrected chi connectivity index (χ2v) is 5.71. The fourth-order valence-electron chi connectivity index (χ4n) is 2.14. The zero-order valence-electron chi connectivity index (χ0n) is 10.1. The lowest BCUT2D eigenvalue weighted by Gasteiger charge is -2.34. The van der Waals surface area contributed by atoms with Gasteiger partial charge in [-0.05, 0) is 0 Å². The quantitative estimate of drug-likeness (QED) is 0.546. The topological polar surface area (TPSA) is 116 Å². The van der Waals surface area contributed by atoms with Gasteiger partial charge in [0, 0.05) is 5.75 Å². The summed E-state index contributed by atoms with van der Waals surface area (Å²) in [5.41, 5.74) is 5.71. The molecule has 0 radical (unpaired) electrons. The number of fused-ring (bicyclic) bond motifs is 1. The van der Waals surface area contributed by atoms with E-state index in [0.29, 0.717) is 30.5 Å². The molecule has 2 aliphatic heterocycles. The lowest BCUT2D eigenvalue weighted by atomic mass is 10.4. The first-order valence-electron chi connectivity index (χ1n) is 5.93. The van der Waals surface area contributed by atoms with Crippen molar-refractivity contribution in [2.75, 3.05) is 41.6 Å². The van der Waals surface area contributed by atoms with Crippen LogP contribution in [0.1, 0.15) is 0 Å². The SMILES string of the molecule is Nc1nc2c(c(=O)[nH]1)NCN2C1CSC(CO)CO1.